The predicted octanol–water partition coefficient (Wildman–Crippen LogP) is 0.878. The molecule has 2 N–H and O–H groups in total. The minimum absolute atomic E-state index is 0.183. The summed E-state index contributed by atoms with van der Waals surface area (Å²) < 4.78 is 5.67. The number of carbonyl (C=O) groups is 1. The van der Waals surface area contributed by atoms with Crippen LogP contribution in [0.5, 0.6) is 0 Å². The molecule has 0 radical (unpaired) electrons. The molecule has 1 atom stereocenters. The maximum absolute atomic E-state index is 12.1. The molecule has 6 nitrogen and oxygen atoms in total. The Morgan fingerprint density at radius 3 is 2.45 bits per heavy atom. The van der Waals surface area contributed by atoms with Crippen molar-refractivity contribution < 1.29 is 9.53 Å². The van der Waals surface area contributed by atoms with E-state index in [2.05, 4.69) is 29.5 Å². The van der Waals surface area contributed by atoms with Crippen LogP contribution in [0.3, 0.4) is 0 Å². The van der Waals surface area contributed by atoms with Crippen molar-refractivity contribution in [3.63, 3.8) is 0 Å². The lowest BCUT2D eigenvalue weighted by atomic mass is 9.98. The molecule has 0 aromatic rings. The third kappa shape index (κ3) is 4.83. The molecule has 2 fully saturated rings. The summed E-state index contributed by atoms with van der Waals surface area (Å²) >= 11 is 0. The van der Waals surface area contributed by atoms with Gasteiger partial charge in [0.25, 0.3) is 0 Å². The summed E-state index contributed by atoms with van der Waals surface area (Å²) in [6.45, 7) is 9.98. The van der Waals surface area contributed by atoms with Gasteiger partial charge in [0.05, 0.1) is 0 Å². The first kappa shape index (κ1) is 17.5. The molecule has 2 aliphatic heterocycles. The van der Waals surface area contributed by atoms with E-state index in [1.165, 1.54) is 0 Å². The van der Waals surface area contributed by atoms with Crippen molar-refractivity contribution in [2.24, 2.45) is 0 Å². The van der Waals surface area contributed by atoms with Crippen molar-refractivity contribution >= 4 is 6.09 Å². The molecule has 22 heavy (non-hydrogen) atoms. The standard InChI is InChI=1S/C16H32N4O2/c1-12(18-14-8-19(5)9-14)6-7-16(2,3)22-15(21)20-10-13(11-20)17-4/h12-14,17-18H,6-11H2,1-5H3. The molecule has 2 saturated heterocycles. The second-order valence-corrected chi connectivity index (χ2v) is 7.54. The van der Waals surface area contributed by atoms with Crippen LogP contribution >= 0.6 is 0 Å². The van der Waals surface area contributed by atoms with Gasteiger partial charge in [0.15, 0.2) is 0 Å². The van der Waals surface area contributed by atoms with Gasteiger partial charge < -0.3 is 25.2 Å². The smallest absolute Gasteiger partial charge is 0.410 e. The summed E-state index contributed by atoms with van der Waals surface area (Å²) in [4.78, 5) is 16.1. The maximum Gasteiger partial charge on any atom is 0.410 e. The van der Waals surface area contributed by atoms with E-state index in [9.17, 15) is 4.79 Å². The van der Waals surface area contributed by atoms with Crippen molar-refractivity contribution in [3.05, 3.63) is 0 Å². The average molecular weight is 312 g/mol. The van der Waals surface area contributed by atoms with Gasteiger partial charge in [-0.25, -0.2) is 4.79 Å². The van der Waals surface area contributed by atoms with Gasteiger partial charge in [-0.1, -0.05) is 0 Å². The van der Waals surface area contributed by atoms with Gasteiger partial charge in [0, 0.05) is 44.3 Å². The Bertz CT molecular complexity index is 376. The van der Waals surface area contributed by atoms with E-state index in [1.807, 2.05) is 20.9 Å². The Kier molecular flexibility index (Phi) is 5.69. The minimum Gasteiger partial charge on any atom is -0.443 e. The van der Waals surface area contributed by atoms with Gasteiger partial charge in [0.1, 0.15) is 5.60 Å². The van der Waals surface area contributed by atoms with Crippen LogP contribution in [0.2, 0.25) is 0 Å². The van der Waals surface area contributed by atoms with Crippen LogP contribution in [0.1, 0.15) is 33.6 Å². The normalized spacial score (nSPS) is 22.1. The summed E-state index contributed by atoms with van der Waals surface area (Å²) in [6, 6.07) is 1.49. The first-order valence-electron chi connectivity index (χ1n) is 8.39. The average Bonchev–Trinajstić information content (AvgIpc) is 2.33. The van der Waals surface area contributed by atoms with Crippen molar-refractivity contribution in [2.45, 2.75) is 57.3 Å². The second kappa shape index (κ2) is 7.15. The Labute approximate surface area is 134 Å². The van der Waals surface area contributed by atoms with Crippen molar-refractivity contribution in [2.75, 3.05) is 40.3 Å². The first-order valence-corrected chi connectivity index (χ1v) is 8.39. The highest BCUT2D eigenvalue weighted by Gasteiger charge is 2.34. The number of amides is 1. The number of likely N-dealkylation sites (tertiary alicyclic amines) is 2. The number of hydrogen-bond donors (Lipinski definition) is 2. The zero-order chi connectivity index (χ0) is 16.3. The molecule has 0 bridgehead atoms. The lowest BCUT2D eigenvalue weighted by molar-refractivity contribution is -0.00993. The molecular formula is C16H32N4O2. The summed E-state index contributed by atoms with van der Waals surface area (Å²) in [5.74, 6) is 0. The third-order valence-electron chi connectivity index (χ3n) is 4.68. The summed E-state index contributed by atoms with van der Waals surface area (Å²) in [7, 11) is 4.06. The Morgan fingerprint density at radius 2 is 1.91 bits per heavy atom. The Balaban J connectivity index is 1.63. The molecule has 6 heteroatoms. The summed E-state index contributed by atoms with van der Waals surface area (Å²) in [5, 5.41) is 6.79. The molecule has 0 aromatic carbocycles. The summed E-state index contributed by atoms with van der Waals surface area (Å²) in [5.41, 5.74) is -0.409. The highest BCUT2D eigenvalue weighted by molar-refractivity contribution is 5.69. The van der Waals surface area contributed by atoms with Crippen LogP contribution in [0.25, 0.3) is 0 Å². The molecule has 1 amide bonds. The zero-order valence-electron chi connectivity index (χ0n) is 14.7. The van der Waals surface area contributed by atoms with E-state index in [-0.39, 0.29) is 6.09 Å². The minimum atomic E-state index is -0.409. The molecule has 128 valence electrons. The van der Waals surface area contributed by atoms with Crippen LogP contribution in [-0.2, 0) is 4.74 Å². The first-order chi connectivity index (χ1) is 10.3. The fraction of sp³-hybridized carbons (Fsp3) is 0.938. The van der Waals surface area contributed by atoms with E-state index < -0.39 is 5.60 Å². The van der Waals surface area contributed by atoms with Crippen LogP contribution in [0.15, 0.2) is 0 Å². The molecule has 2 aliphatic rings. The van der Waals surface area contributed by atoms with Crippen LogP contribution in [-0.4, -0.2) is 79.9 Å². The summed E-state index contributed by atoms with van der Waals surface area (Å²) in [6.07, 6.45) is 1.70. The zero-order valence-corrected chi connectivity index (χ0v) is 14.7. The molecule has 0 aromatic heterocycles. The van der Waals surface area contributed by atoms with Gasteiger partial charge in [-0.05, 0) is 47.7 Å². The number of nitrogens with one attached hydrogen (secondary N) is 2. The number of nitrogens with zero attached hydrogens (tertiary/aromatic N) is 2. The monoisotopic (exact) mass is 312 g/mol. The number of hydrogen-bond acceptors (Lipinski definition) is 5. The molecular weight excluding hydrogens is 280 g/mol. The fourth-order valence-corrected chi connectivity index (χ4v) is 3.02. The fourth-order valence-electron chi connectivity index (χ4n) is 3.02. The van der Waals surface area contributed by atoms with Gasteiger partial charge in [0.2, 0.25) is 0 Å². The highest BCUT2D eigenvalue weighted by atomic mass is 16.6. The van der Waals surface area contributed by atoms with E-state index >= 15 is 0 Å². The van der Waals surface area contributed by atoms with E-state index in [4.69, 9.17) is 4.74 Å². The molecule has 1 unspecified atom stereocenters. The number of ether oxygens (including phenoxy) is 1. The molecule has 2 rings (SSSR count). The lowest BCUT2D eigenvalue weighted by Crippen LogP contribution is -2.60. The largest absolute Gasteiger partial charge is 0.443 e. The van der Waals surface area contributed by atoms with Crippen LogP contribution in [0.4, 0.5) is 4.79 Å². The lowest BCUT2D eigenvalue weighted by Gasteiger charge is -2.40. The number of carbonyl (C=O) groups excluding carboxylic acids is 1. The molecule has 2 heterocycles. The number of rotatable bonds is 7. The van der Waals surface area contributed by atoms with Crippen LogP contribution in [0, 0.1) is 0 Å². The molecule has 0 spiro atoms. The quantitative estimate of drug-likeness (QED) is 0.731. The van der Waals surface area contributed by atoms with Crippen LogP contribution < -0.4 is 10.6 Å². The molecule has 0 aliphatic carbocycles. The van der Waals surface area contributed by atoms with Gasteiger partial charge >= 0.3 is 6.09 Å². The van der Waals surface area contributed by atoms with Gasteiger partial charge in [-0.2, -0.15) is 0 Å². The number of likely N-dealkylation sites (N-methyl/N-ethyl adjacent to an activating group) is 2. The second-order valence-electron chi connectivity index (χ2n) is 7.54. The maximum atomic E-state index is 12.1. The van der Waals surface area contributed by atoms with Crippen molar-refractivity contribution in [1.29, 1.82) is 0 Å². The molecule has 0 saturated carbocycles. The van der Waals surface area contributed by atoms with E-state index in [0.717, 1.165) is 39.0 Å². The Morgan fingerprint density at radius 1 is 1.27 bits per heavy atom. The van der Waals surface area contributed by atoms with Gasteiger partial charge in [-0.3, -0.25) is 0 Å². The Hall–Kier alpha value is -0.850. The predicted molar refractivity (Wildman–Crippen MR) is 88.1 cm³/mol. The topological polar surface area (TPSA) is 56.8 Å². The highest BCUT2D eigenvalue weighted by Crippen LogP contribution is 2.21. The van der Waals surface area contributed by atoms with E-state index in [0.29, 0.717) is 18.1 Å². The van der Waals surface area contributed by atoms with Crippen molar-refractivity contribution in [3.8, 4) is 0 Å². The van der Waals surface area contributed by atoms with Gasteiger partial charge in [-0.15, -0.1) is 0 Å². The third-order valence-corrected chi connectivity index (χ3v) is 4.68. The van der Waals surface area contributed by atoms with E-state index in [1.54, 1.807) is 4.90 Å². The van der Waals surface area contributed by atoms with Crippen molar-refractivity contribution in [1.82, 2.24) is 20.4 Å². The SMILES string of the molecule is CNC1CN(C(=O)OC(C)(C)CCC(C)NC2CN(C)C2)C1.